The summed E-state index contributed by atoms with van der Waals surface area (Å²) in [5.41, 5.74) is 1.63. The van der Waals surface area contributed by atoms with Crippen LogP contribution in [0, 0.1) is 0 Å². The minimum absolute atomic E-state index is 0.0681. The second-order valence-corrected chi connectivity index (χ2v) is 12.3. The van der Waals surface area contributed by atoms with Gasteiger partial charge < -0.3 is 4.90 Å². The third kappa shape index (κ3) is 5.65. The van der Waals surface area contributed by atoms with Crippen LogP contribution in [0.15, 0.2) is 101 Å². The Morgan fingerprint density at radius 1 is 1.00 bits per heavy atom. The molecule has 1 aromatic heterocycles. The first-order chi connectivity index (χ1) is 18.3. The number of para-hydroxylation sites is 1. The standard InChI is InChI=1S/C28H26BrClN4O3S/c29-23-18-31-33(20-23)24-13-15-32(16-14-24)28(35)22-11-12-26(30)27(17-22)38(36,37)34(25-9-5-2-6-10-25)19-21-7-3-1-4-8-21/h1-12,17-18,20,24H,13-16,19H2. The van der Waals surface area contributed by atoms with Crippen molar-refractivity contribution < 1.29 is 13.2 Å². The van der Waals surface area contributed by atoms with Crippen molar-refractivity contribution in [3.05, 3.63) is 112 Å². The molecule has 1 aliphatic heterocycles. The predicted octanol–water partition coefficient (Wildman–Crippen LogP) is 6.17. The highest BCUT2D eigenvalue weighted by Crippen LogP contribution is 2.32. The number of nitrogens with zero attached hydrogens (tertiary/aromatic N) is 4. The number of hydrogen-bond donors (Lipinski definition) is 0. The lowest BCUT2D eigenvalue weighted by Crippen LogP contribution is -2.39. The molecule has 0 radical (unpaired) electrons. The van der Waals surface area contributed by atoms with Gasteiger partial charge in [0.15, 0.2) is 0 Å². The van der Waals surface area contributed by atoms with Gasteiger partial charge in [-0.3, -0.25) is 13.8 Å². The Balaban J connectivity index is 1.41. The minimum Gasteiger partial charge on any atom is -0.338 e. The van der Waals surface area contributed by atoms with Gasteiger partial charge in [-0.2, -0.15) is 5.10 Å². The molecule has 7 nitrogen and oxygen atoms in total. The molecule has 0 unspecified atom stereocenters. The van der Waals surface area contributed by atoms with Crippen molar-refractivity contribution in [3.8, 4) is 0 Å². The van der Waals surface area contributed by atoms with Crippen LogP contribution in [0.5, 0.6) is 0 Å². The molecule has 196 valence electrons. The van der Waals surface area contributed by atoms with E-state index < -0.39 is 10.0 Å². The molecule has 10 heteroatoms. The van der Waals surface area contributed by atoms with Crippen LogP contribution in [0.4, 0.5) is 5.69 Å². The number of rotatable bonds is 7. The summed E-state index contributed by atoms with van der Waals surface area (Å²) in [4.78, 5) is 15.1. The van der Waals surface area contributed by atoms with E-state index in [0.717, 1.165) is 22.9 Å². The average molecular weight is 614 g/mol. The quantitative estimate of drug-likeness (QED) is 0.250. The molecule has 0 N–H and O–H groups in total. The van der Waals surface area contributed by atoms with Gasteiger partial charge in [0.25, 0.3) is 15.9 Å². The normalized spacial score (nSPS) is 14.4. The van der Waals surface area contributed by atoms with Crippen LogP contribution in [0.25, 0.3) is 0 Å². The Hall–Kier alpha value is -3.14. The summed E-state index contributed by atoms with van der Waals surface area (Å²) in [6.45, 7) is 1.23. The van der Waals surface area contributed by atoms with Crippen molar-refractivity contribution in [1.29, 1.82) is 0 Å². The highest BCUT2D eigenvalue weighted by Gasteiger charge is 2.30. The van der Waals surface area contributed by atoms with E-state index in [4.69, 9.17) is 11.6 Å². The van der Waals surface area contributed by atoms with Gasteiger partial charge in [-0.1, -0.05) is 60.1 Å². The van der Waals surface area contributed by atoms with E-state index >= 15 is 0 Å². The van der Waals surface area contributed by atoms with E-state index in [1.807, 2.05) is 47.3 Å². The molecule has 38 heavy (non-hydrogen) atoms. The van der Waals surface area contributed by atoms with E-state index in [-0.39, 0.29) is 28.4 Å². The number of amides is 1. The molecule has 2 heterocycles. The summed E-state index contributed by atoms with van der Waals surface area (Å²) in [7, 11) is -4.10. The molecule has 3 aromatic carbocycles. The summed E-state index contributed by atoms with van der Waals surface area (Å²) in [6, 6.07) is 22.9. The molecule has 0 saturated carbocycles. The highest BCUT2D eigenvalue weighted by molar-refractivity contribution is 9.10. The Bertz CT molecular complexity index is 1520. The van der Waals surface area contributed by atoms with E-state index in [2.05, 4.69) is 21.0 Å². The van der Waals surface area contributed by atoms with E-state index in [0.29, 0.717) is 24.3 Å². The number of piperidine rings is 1. The van der Waals surface area contributed by atoms with Crippen molar-refractivity contribution in [2.75, 3.05) is 17.4 Å². The fourth-order valence-corrected chi connectivity index (χ4v) is 6.90. The summed E-state index contributed by atoms with van der Waals surface area (Å²) in [5.74, 6) is -0.215. The smallest absolute Gasteiger partial charge is 0.266 e. The van der Waals surface area contributed by atoms with Gasteiger partial charge >= 0.3 is 0 Å². The zero-order valence-corrected chi connectivity index (χ0v) is 23.6. The largest absolute Gasteiger partial charge is 0.338 e. The summed E-state index contributed by atoms with van der Waals surface area (Å²) in [5, 5.41) is 4.44. The lowest BCUT2D eigenvalue weighted by atomic mass is 10.0. The van der Waals surface area contributed by atoms with E-state index in [1.165, 1.54) is 16.4 Å². The highest BCUT2D eigenvalue weighted by atomic mass is 79.9. The van der Waals surface area contributed by atoms with Crippen molar-refractivity contribution in [1.82, 2.24) is 14.7 Å². The molecule has 1 aliphatic rings. The van der Waals surface area contributed by atoms with Crippen LogP contribution >= 0.6 is 27.5 Å². The van der Waals surface area contributed by atoms with Gasteiger partial charge in [-0.05, 0) is 64.7 Å². The second kappa shape index (κ2) is 11.3. The van der Waals surface area contributed by atoms with Crippen LogP contribution in [0.1, 0.15) is 34.8 Å². The van der Waals surface area contributed by atoms with Crippen molar-refractivity contribution in [2.24, 2.45) is 0 Å². The maximum absolute atomic E-state index is 14.0. The second-order valence-electron chi connectivity index (χ2n) is 9.14. The molecular formula is C28H26BrClN4O3S. The van der Waals surface area contributed by atoms with Gasteiger partial charge in [0.2, 0.25) is 0 Å². The lowest BCUT2D eigenvalue weighted by Gasteiger charge is -2.32. The zero-order valence-electron chi connectivity index (χ0n) is 20.5. The molecule has 0 atom stereocenters. The lowest BCUT2D eigenvalue weighted by molar-refractivity contribution is 0.0689. The molecule has 0 spiro atoms. The molecule has 5 rings (SSSR count). The van der Waals surface area contributed by atoms with Crippen LogP contribution in [0.2, 0.25) is 5.02 Å². The molecule has 1 fully saturated rings. The van der Waals surface area contributed by atoms with Gasteiger partial charge in [-0.15, -0.1) is 0 Å². The molecule has 0 aliphatic carbocycles. The molecule has 0 bridgehead atoms. The fourth-order valence-electron chi connectivity index (χ4n) is 4.64. The summed E-state index contributed by atoms with van der Waals surface area (Å²) < 4.78 is 32.2. The van der Waals surface area contributed by atoms with Crippen LogP contribution < -0.4 is 4.31 Å². The zero-order chi connectivity index (χ0) is 26.7. The SMILES string of the molecule is O=C(c1ccc(Cl)c(S(=O)(=O)N(Cc2ccccc2)c2ccccc2)c1)N1CCC(n2cc(Br)cn2)CC1. The van der Waals surface area contributed by atoms with Crippen molar-refractivity contribution in [3.63, 3.8) is 0 Å². The maximum atomic E-state index is 14.0. The average Bonchev–Trinajstić information content (AvgIpc) is 3.38. The number of carbonyl (C=O) groups excluding carboxylic acids is 1. The number of anilines is 1. The minimum atomic E-state index is -4.10. The number of carbonyl (C=O) groups is 1. The number of halogens is 2. The van der Waals surface area contributed by atoms with Crippen molar-refractivity contribution >= 4 is 49.1 Å². The van der Waals surface area contributed by atoms with Crippen LogP contribution in [-0.4, -0.2) is 42.1 Å². The van der Waals surface area contributed by atoms with Gasteiger partial charge in [0.1, 0.15) is 4.90 Å². The first kappa shape index (κ1) is 26.5. The number of hydrogen-bond acceptors (Lipinski definition) is 4. The number of likely N-dealkylation sites (tertiary alicyclic amines) is 1. The molecule has 4 aromatic rings. The number of aromatic nitrogens is 2. The van der Waals surface area contributed by atoms with E-state index in [9.17, 15) is 13.2 Å². The maximum Gasteiger partial charge on any atom is 0.266 e. The molecule has 1 amide bonds. The van der Waals surface area contributed by atoms with Crippen LogP contribution in [0.3, 0.4) is 0 Å². The Morgan fingerprint density at radius 2 is 1.66 bits per heavy atom. The molecule has 1 saturated heterocycles. The van der Waals surface area contributed by atoms with Gasteiger partial charge in [0, 0.05) is 24.8 Å². The van der Waals surface area contributed by atoms with Crippen molar-refractivity contribution in [2.45, 2.75) is 30.3 Å². The Morgan fingerprint density at radius 3 is 2.29 bits per heavy atom. The summed E-state index contributed by atoms with van der Waals surface area (Å²) >= 11 is 9.88. The van der Waals surface area contributed by atoms with Crippen LogP contribution in [-0.2, 0) is 16.6 Å². The third-order valence-corrected chi connectivity index (χ3v) is 9.32. The number of benzene rings is 3. The monoisotopic (exact) mass is 612 g/mol. The third-order valence-electron chi connectivity index (χ3n) is 6.66. The first-order valence-corrected chi connectivity index (χ1v) is 14.8. The van der Waals surface area contributed by atoms with Gasteiger partial charge in [0.05, 0.1) is 34.0 Å². The number of sulfonamides is 1. The molecular weight excluding hydrogens is 588 g/mol. The predicted molar refractivity (Wildman–Crippen MR) is 152 cm³/mol. The van der Waals surface area contributed by atoms with E-state index in [1.54, 1.807) is 41.4 Å². The first-order valence-electron chi connectivity index (χ1n) is 12.2. The van der Waals surface area contributed by atoms with Gasteiger partial charge in [-0.25, -0.2) is 8.42 Å². The summed E-state index contributed by atoms with van der Waals surface area (Å²) in [6.07, 6.45) is 5.21. The topological polar surface area (TPSA) is 75.5 Å². The Kier molecular flexibility index (Phi) is 7.88. The fraction of sp³-hybridized carbons (Fsp3) is 0.214. The Labute approximate surface area is 235 Å².